The van der Waals surface area contributed by atoms with Crippen molar-refractivity contribution in [1.29, 1.82) is 0 Å². The summed E-state index contributed by atoms with van der Waals surface area (Å²) in [7, 11) is 0. The van der Waals surface area contributed by atoms with E-state index in [2.05, 4.69) is 73.8 Å². The summed E-state index contributed by atoms with van der Waals surface area (Å²) in [5.74, 6) is 0. The van der Waals surface area contributed by atoms with E-state index in [0.717, 1.165) is 6.54 Å². The molecule has 0 bridgehead atoms. The Bertz CT molecular complexity index is 487. The number of unbranched alkanes of at least 4 members (excludes halogenated alkanes) is 1. The zero-order valence-electron chi connectivity index (χ0n) is 12.6. The van der Waals surface area contributed by atoms with Crippen LogP contribution in [0.3, 0.4) is 0 Å². The number of hydrogen-bond acceptors (Lipinski definition) is 1. The summed E-state index contributed by atoms with van der Waals surface area (Å²) in [5.41, 5.74) is 4.12. The van der Waals surface area contributed by atoms with Crippen molar-refractivity contribution in [2.45, 2.75) is 39.2 Å². The molecule has 2 aromatic carbocycles. The van der Waals surface area contributed by atoms with E-state index >= 15 is 0 Å². The van der Waals surface area contributed by atoms with E-state index in [0.29, 0.717) is 6.04 Å². The number of nitrogens with one attached hydrogen (secondary N) is 1. The van der Waals surface area contributed by atoms with Crippen molar-refractivity contribution in [3.8, 4) is 0 Å². The fourth-order valence-corrected chi connectivity index (χ4v) is 2.54. The van der Waals surface area contributed by atoms with Crippen LogP contribution in [0.1, 0.15) is 49.4 Å². The average Bonchev–Trinajstić information content (AvgIpc) is 2.52. The van der Waals surface area contributed by atoms with Gasteiger partial charge in [0.15, 0.2) is 0 Å². The second-order valence-corrected chi connectivity index (χ2v) is 5.25. The first-order chi connectivity index (χ1) is 9.85. The van der Waals surface area contributed by atoms with Crippen LogP contribution in [0.15, 0.2) is 54.6 Å². The minimum absolute atomic E-state index is 0.293. The molecule has 0 aliphatic carbocycles. The van der Waals surface area contributed by atoms with Crippen LogP contribution in [0.25, 0.3) is 0 Å². The smallest absolute Gasteiger partial charge is 0.0576 e. The third-order valence-electron chi connectivity index (χ3n) is 3.67. The van der Waals surface area contributed by atoms with Gasteiger partial charge in [-0.25, -0.2) is 0 Å². The van der Waals surface area contributed by atoms with Gasteiger partial charge < -0.3 is 5.32 Å². The van der Waals surface area contributed by atoms with Crippen molar-refractivity contribution >= 4 is 0 Å². The lowest BCUT2D eigenvalue weighted by atomic mass is 9.97. The predicted octanol–water partition coefficient (Wildman–Crippen LogP) is 4.73. The first kappa shape index (κ1) is 14.8. The van der Waals surface area contributed by atoms with E-state index in [1.165, 1.54) is 36.0 Å². The van der Waals surface area contributed by atoms with Gasteiger partial charge in [-0.3, -0.25) is 0 Å². The van der Waals surface area contributed by atoms with E-state index in [4.69, 9.17) is 0 Å². The van der Waals surface area contributed by atoms with E-state index in [1.54, 1.807) is 0 Å². The van der Waals surface area contributed by atoms with Gasteiger partial charge in [0.25, 0.3) is 0 Å². The highest BCUT2D eigenvalue weighted by atomic mass is 14.9. The van der Waals surface area contributed by atoms with Crippen LogP contribution in [0.2, 0.25) is 0 Å². The van der Waals surface area contributed by atoms with Gasteiger partial charge in [0.1, 0.15) is 0 Å². The van der Waals surface area contributed by atoms with E-state index in [9.17, 15) is 0 Å². The SMILES string of the molecule is CCCCc1ccc(C(NCC)c2ccccc2)cc1. The topological polar surface area (TPSA) is 12.0 Å². The Hall–Kier alpha value is -1.60. The largest absolute Gasteiger partial charge is 0.307 e. The van der Waals surface area contributed by atoms with E-state index in [1.807, 2.05) is 0 Å². The van der Waals surface area contributed by atoms with Crippen molar-refractivity contribution in [3.63, 3.8) is 0 Å². The molecule has 0 aliphatic heterocycles. The summed E-state index contributed by atoms with van der Waals surface area (Å²) in [6.45, 7) is 5.37. The molecular weight excluding hydrogens is 242 g/mol. The van der Waals surface area contributed by atoms with Gasteiger partial charge >= 0.3 is 0 Å². The maximum absolute atomic E-state index is 3.58. The summed E-state index contributed by atoms with van der Waals surface area (Å²) in [5, 5.41) is 3.58. The highest BCUT2D eigenvalue weighted by Gasteiger charge is 2.12. The van der Waals surface area contributed by atoms with Gasteiger partial charge in [0.05, 0.1) is 6.04 Å². The molecule has 0 fully saturated rings. The van der Waals surface area contributed by atoms with Crippen LogP contribution in [-0.2, 0) is 6.42 Å². The third kappa shape index (κ3) is 3.94. The maximum Gasteiger partial charge on any atom is 0.0576 e. The van der Waals surface area contributed by atoms with Crippen LogP contribution < -0.4 is 5.32 Å². The second-order valence-electron chi connectivity index (χ2n) is 5.25. The molecule has 106 valence electrons. The number of benzene rings is 2. The van der Waals surface area contributed by atoms with Crippen molar-refractivity contribution in [2.75, 3.05) is 6.54 Å². The lowest BCUT2D eigenvalue weighted by Crippen LogP contribution is -2.21. The molecule has 0 amide bonds. The Balaban J connectivity index is 2.17. The Kier molecular flexibility index (Phi) is 5.82. The summed E-state index contributed by atoms with van der Waals surface area (Å²) < 4.78 is 0. The maximum atomic E-state index is 3.58. The molecule has 0 heterocycles. The minimum Gasteiger partial charge on any atom is -0.307 e. The second kappa shape index (κ2) is 7.86. The van der Waals surface area contributed by atoms with Crippen molar-refractivity contribution in [2.24, 2.45) is 0 Å². The van der Waals surface area contributed by atoms with Gasteiger partial charge in [0, 0.05) is 0 Å². The Labute approximate surface area is 123 Å². The molecule has 0 aliphatic rings. The molecule has 1 unspecified atom stereocenters. The predicted molar refractivity (Wildman–Crippen MR) is 87.0 cm³/mol. The number of hydrogen-bond donors (Lipinski definition) is 1. The molecule has 1 atom stereocenters. The summed E-state index contributed by atoms with van der Waals surface area (Å²) in [4.78, 5) is 0. The molecule has 0 aromatic heterocycles. The molecule has 0 saturated heterocycles. The molecule has 0 saturated carbocycles. The van der Waals surface area contributed by atoms with Crippen LogP contribution in [-0.4, -0.2) is 6.54 Å². The molecule has 0 spiro atoms. The zero-order chi connectivity index (χ0) is 14.2. The highest BCUT2D eigenvalue weighted by Crippen LogP contribution is 2.22. The quantitative estimate of drug-likeness (QED) is 0.765. The molecular formula is C19H25N. The van der Waals surface area contributed by atoms with Crippen LogP contribution >= 0.6 is 0 Å². The first-order valence-corrected chi connectivity index (χ1v) is 7.72. The zero-order valence-corrected chi connectivity index (χ0v) is 12.6. The fourth-order valence-electron chi connectivity index (χ4n) is 2.54. The van der Waals surface area contributed by atoms with Gasteiger partial charge in [-0.05, 0) is 36.1 Å². The Morgan fingerprint density at radius 3 is 2.10 bits per heavy atom. The van der Waals surface area contributed by atoms with Crippen LogP contribution in [0.4, 0.5) is 0 Å². The monoisotopic (exact) mass is 267 g/mol. The lowest BCUT2D eigenvalue weighted by molar-refractivity contribution is 0.630. The molecule has 20 heavy (non-hydrogen) atoms. The number of aryl methyl sites for hydroxylation is 1. The van der Waals surface area contributed by atoms with Crippen LogP contribution in [0, 0.1) is 0 Å². The fraction of sp³-hybridized carbons (Fsp3) is 0.368. The molecule has 2 rings (SSSR count). The highest BCUT2D eigenvalue weighted by molar-refractivity contribution is 5.33. The third-order valence-corrected chi connectivity index (χ3v) is 3.67. The van der Waals surface area contributed by atoms with Crippen molar-refractivity contribution in [1.82, 2.24) is 5.32 Å². The van der Waals surface area contributed by atoms with E-state index in [-0.39, 0.29) is 0 Å². The van der Waals surface area contributed by atoms with Gasteiger partial charge in [0.2, 0.25) is 0 Å². The minimum atomic E-state index is 0.293. The Morgan fingerprint density at radius 1 is 0.850 bits per heavy atom. The number of rotatable bonds is 7. The summed E-state index contributed by atoms with van der Waals surface area (Å²) in [6, 6.07) is 20.1. The van der Waals surface area contributed by atoms with Gasteiger partial charge in [-0.2, -0.15) is 0 Å². The average molecular weight is 267 g/mol. The molecule has 1 N–H and O–H groups in total. The lowest BCUT2D eigenvalue weighted by Gasteiger charge is -2.19. The van der Waals surface area contributed by atoms with Gasteiger partial charge in [-0.1, -0.05) is 74.9 Å². The molecule has 2 aromatic rings. The van der Waals surface area contributed by atoms with Crippen molar-refractivity contribution < 1.29 is 0 Å². The normalized spacial score (nSPS) is 12.3. The standard InChI is InChI=1S/C19H25N/c1-3-5-9-16-12-14-18(15-13-16)19(20-4-2)17-10-7-6-8-11-17/h6-8,10-15,19-20H,3-5,9H2,1-2H3. The molecule has 1 heteroatoms. The van der Waals surface area contributed by atoms with Crippen LogP contribution in [0.5, 0.6) is 0 Å². The summed E-state index contributed by atoms with van der Waals surface area (Å²) >= 11 is 0. The van der Waals surface area contributed by atoms with E-state index < -0.39 is 0 Å². The molecule has 0 radical (unpaired) electrons. The van der Waals surface area contributed by atoms with Gasteiger partial charge in [-0.15, -0.1) is 0 Å². The summed E-state index contributed by atoms with van der Waals surface area (Å²) in [6.07, 6.45) is 3.72. The Morgan fingerprint density at radius 2 is 1.50 bits per heavy atom. The van der Waals surface area contributed by atoms with Crippen molar-refractivity contribution in [3.05, 3.63) is 71.3 Å². The molecule has 1 nitrogen and oxygen atoms in total. The first-order valence-electron chi connectivity index (χ1n) is 7.72.